The minimum atomic E-state index is -0.298. The van der Waals surface area contributed by atoms with E-state index in [1.54, 1.807) is 61.5 Å². The molecule has 0 saturated heterocycles. The Balaban J connectivity index is 1.89. The Labute approximate surface area is 194 Å². The molecule has 0 bridgehead atoms. The summed E-state index contributed by atoms with van der Waals surface area (Å²) in [5.41, 5.74) is 1.63. The van der Waals surface area contributed by atoms with Gasteiger partial charge in [0.05, 0.1) is 22.5 Å². The largest absolute Gasteiger partial charge is 0.314 e. The lowest BCUT2D eigenvalue weighted by Gasteiger charge is -2.18. The maximum absolute atomic E-state index is 13.4. The lowest BCUT2D eigenvalue weighted by molar-refractivity contribution is -0.117. The number of nitrogens with zero attached hydrogens (tertiary/aromatic N) is 4. The van der Waals surface area contributed by atoms with Crippen LogP contribution >= 0.6 is 23.2 Å². The molecule has 1 N–H and O–H groups in total. The molecule has 0 fully saturated rings. The number of fused-ring (bicyclic) bond motifs is 1. The molecule has 2 aromatic carbocycles. The van der Waals surface area contributed by atoms with E-state index >= 15 is 0 Å². The highest BCUT2D eigenvalue weighted by Crippen LogP contribution is 2.25. The fourth-order valence-electron chi connectivity index (χ4n) is 3.31. The lowest BCUT2D eigenvalue weighted by Crippen LogP contribution is -2.34. The van der Waals surface area contributed by atoms with Crippen molar-refractivity contribution in [3.63, 3.8) is 0 Å². The van der Waals surface area contributed by atoms with Crippen molar-refractivity contribution in [2.75, 3.05) is 25.5 Å². The van der Waals surface area contributed by atoms with E-state index in [2.05, 4.69) is 10.3 Å². The molecule has 0 aliphatic carbocycles. The molecule has 0 aliphatic heterocycles. The first-order valence-electron chi connectivity index (χ1n) is 9.75. The number of hydrogen-bond acceptors (Lipinski definition) is 5. The molecule has 4 aromatic rings. The zero-order valence-electron chi connectivity index (χ0n) is 17.3. The van der Waals surface area contributed by atoms with Gasteiger partial charge >= 0.3 is 0 Å². The Morgan fingerprint density at radius 1 is 1.06 bits per heavy atom. The van der Waals surface area contributed by atoms with Crippen LogP contribution in [-0.2, 0) is 4.79 Å². The standard InChI is InChI=1S/C23H19Cl2N5O2/c1-26-13-21(31)29(2)17-7-3-14(4-8-17)22-28-19-9-5-15(24)11-18(19)23(32)30(22)20-10-6-16(25)12-27-20/h3-12,26H,13H2,1-2H3. The number of likely N-dealkylation sites (N-methyl/N-ethyl adjacent to an activating group) is 2. The molecular weight excluding hydrogens is 449 g/mol. The van der Waals surface area contributed by atoms with E-state index < -0.39 is 0 Å². The third-order valence-electron chi connectivity index (χ3n) is 4.99. The normalized spacial score (nSPS) is 11.0. The number of halogens is 2. The Morgan fingerprint density at radius 2 is 1.78 bits per heavy atom. The molecule has 0 aliphatic rings. The molecule has 32 heavy (non-hydrogen) atoms. The van der Waals surface area contributed by atoms with Crippen molar-refractivity contribution >= 4 is 45.7 Å². The van der Waals surface area contributed by atoms with Crippen LogP contribution < -0.4 is 15.8 Å². The molecule has 0 radical (unpaired) electrons. The average molecular weight is 468 g/mol. The number of aromatic nitrogens is 3. The van der Waals surface area contributed by atoms with Gasteiger partial charge in [-0.05, 0) is 61.6 Å². The number of carbonyl (C=O) groups is 1. The van der Waals surface area contributed by atoms with Gasteiger partial charge in [0.1, 0.15) is 11.6 Å². The highest BCUT2D eigenvalue weighted by molar-refractivity contribution is 6.31. The molecule has 2 aromatic heterocycles. The molecule has 0 spiro atoms. The van der Waals surface area contributed by atoms with Crippen molar-refractivity contribution < 1.29 is 4.79 Å². The molecule has 4 rings (SSSR count). The number of pyridine rings is 1. The van der Waals surface area contributed by atoms with Crippen LogP contribution in [0.1, 0.15) is 0 Å². The van der Waals surface area contributed by atoms with E-state index in [0.29, 0.717) is 38.2 Å². The highest BCUT2D eigenvalue weighted by Gasteiger charge is 2.17. The average Bonchev–Trinajstić information content (AvgIpc) is 2.80. The van der Waals surface area contributed by atoms with E-state index in [0.717, 1.165) is 5.69 Å². The maximum Gasteiger partial charge on any atom is 0.267 e. The van der Waals surface area contributed by atoms with E-state index in [9.17, 15) is 9.59 Å². The van der Waals surface area contributed by atoms with E-state index in [1.165, 1.54) is 10.8 Å². The molecule has 2 heterocycles. The number of nitrogens with one attached hydrogen (secondary N) is 1. The van der Waals surface area contributed by atoms with Crippen molar-refractivity contribution in [2.24, 2.45) is 0 Å². The molecule has 7 nitrogen and oxygen atoms in total. The summed E-state index contributed by atoms with van der Waals surface area (Å²) < 4.78 is 1.43. The molecule has 9 heteroatoms. The van der Waals surface area contributed by atoms with Gasteiger partial charge in [-0.1, -0.05) is 23.2 Å². The predicted octanol–water partition coefficient (Wildman–Crippen LogP) is 3.94. The first-order valence-corrected chi connectivity index (χ1v) is 10.5. The third kappa shape index (κ3) is 4.23. The Bertz CT molecular complexity index is 1350. The number of carbonyl (C=O) groups excluding carboxylic acids is 1. The first-order chi connectivity index (χ1) is 15.4. The van der Waals surface area contributed by atoms with Gasteiger partial charge in [0.15, 0.2) is 0 Å². The van der Waals surface area contributed by atoms with Gasteiger partial charge in [-0.2, -0.15) is 0 Å². The van der Waals surface area contributed by atoms with Crippen LogP contribution in [0.15, 0.2) is 65.6 Å². The smallest absolute Gasteiger partial charge is 0.267 e. The number of amides is 1. The fourth-order valence-corrected chi connectivity index (χ4v) is 3.60. The second-order valence-corrected chi connectivity index (χ2v) is 7.97. The van der Waals surface area contributed by atoms with Crippen molar-refractivity contribution in [1.82, 2.24) is 19.9 Å². The van der Waals surface area contributed by atoms with Gasteiger partial charge in [-0.15, -0.1) is 0 Å². The molecular formula is C23H19Cl2N5O2. The highest BCUT2D eigenvalue weighted by atomic mass is 35.5. The number of rotatable bonds is 5. The van der Waals surface area contributed by atoms with E-state index in [1.807, 2.05) is 12.1 Å². The fraction of sp³-hybridized carbons (Fsp3) is 0.130. The van der Waals surface area contributed by atoms with Gasteiger partial charge in [-0.3, -0.25) is 9.59 Å². The third-order valence-corrected chi connectivity index (χ3v) is 5.44. The van der Waals surface area contributed by atoms with Crippen LogP contribution in [0.25, 0.3) is 28.1 Å². The number of benzene rings is 2. The van der Waals surface area contributed by atoms with Gasteiger partial charge in [0.25, 0.3) is 5.56 Å². The SMILES string of the molecule is CNCC(=O)N(C)c1ccc(-c2nc3ccc(Cl)cc3c(=O)n2-c2ccc(Cl)cn2)cc1. The summed E-state index contributed by atoms with van der Waals surface area (Å²) in [5.74, 6) is 0.729. The van der Waals surface area contributed by atoms with Gasteiger partial charge in [-0.25, -0.2) is 14.5 Å². The summed E-state index contributed by atoms with van der Waals surface area (Å²) in [7, 11) is 3.43. The summed E-state index contributed by atoms with van der Waals surface area (Å²) in [6.07, 6.45) is 1.47. The quantitative estimate of drug-likeness (QED) is 0.480. The minimum Gasteiger partial charge on any atom is -0.314 e. The molecule has 162 valence electrons. The van der Waals surface area contributed by atoms with Crippen LogP contribution in [0.5, 0.6) is 0 Å². The molecule has 0 saturated carbocycles. The number of anilines is 1. The molecule has 0 unspecified atom stereocenters. The van der Waals surface area contributed by atoms with Crippen LogP contribution in [0.3, 0.4) is 0 Å². The maximum atomic E-state index is 13.4. The summed E-state index contributed by atoms with van der Waals surface area (Å²) in [6.45, 7) is 0.231. The lowest BCUT2D eigenvalue weighted by atomic mass is 10.1. The molecule has 1 amide bonds. The zero-order chi connectivity index (χ0) is 22.8. The molecule has 0 atom stereocenters. The van der Waals surface area contributed by atoms with Crippen LogP contribution in [0.4, 0.5) is 5.69 Å². The van der Waals surface area contributed by atoms with Crippen molar-refractivity contribution in [2.45, 2.75) is 0 Å². The Morgan fingerprint density at radius 3 is 2.44 bits per heavy atom. The minimum absolute atomic E-state index is 0.0665. The second kappa shape index (κ2) is 9.08. The van der Waals surface area contributed by atoms with Gasteiger partial charge in [0.2, 0.25) is 5.91 Å². The Hall–Kier alpha value is -3.26. The van der Waals surface area contributed by atoms with Crippen LogP contribution in [0.2, 0.25) is 10.0 Å². The van der Waals surface area contributed by atoms with Gasteiger partial charge < -0.3 is 10.2 Å². The topological polar surface area (TPSA) is 80.1 Å². The van der Waals surface area contributed by atoms with Crippen molar-refractivity contribution in [1.29, 1.82) is 0 Å². The van der Waals surface area contributed by atoms with Gasteiger partial charge in [0, 0.05) is 29.5 Å². The predicted molar refractivity (Wildman–Crippen MR) is 128 cm³/mol. The summed E-state index contributed by atoms with van der Waals surface area (Å²) in [4.78, 5) is 36.2. The van der Waals surface area contributed by atoms with Crippen LogP contribution in [0, 0.1) is 0 Å². The summed E-state index contributed by atoms with van der Waals surface area (Å²) >= 11 is 12.1. The Kier molecular flexibility index (Phi) is 6.23. The monoisotopic (exact) mass is 467 g/mol. The van der Waals surface area contributed by atoms with E-state index in [-0.39, 0.29) is 18.0 Å². The summed E-state index contributed by atoms with van der Waals surface area (Å²) in [6, 6.07) is 15.5. The van der Waals surface area contributed by atoms with Crippen molar-refractivity contribution in [3.8, 4) is 17.2 Å². The van der Waals surface area contributed by atoms with Crippen LogP contribution in [-0.4, -0.2) is 41.1 Å². The first kappa shape index (κ1) is 22.0. The van der Waals surface area contributed by atoms with Crippen molar-refractivity contribution in [3.05, 3.63) is 81.2 Å². The summed E-state index contributed by atoms with van der Waals surface area (Å²) in [5, 5.41) is 4.13. The zero-order valence-corrected chi connectivity index (χ0v) is 18.9. The van der Waals surface area contributed by atoms with E-state index in [4.69, 9.17) is 28.2 Å². The second-order valence-electron chi connectivity index (χ2n) is 7.10. The number of hydrogen-bond donors (Lipinski definition) is 1.